The van der Waals surface area contributed by atoms with Crippen LogP contribution >= 0.6 is 12.2 Å². The molecule has 0 saturated heterocycles. The summed E-state index contributed by atoms with van der Waals surface area (Å²) in [6.07, 6.45) is 0. The zero-order chi connectivity index (χ0) is 9.49. The van der Waals surface area contributed by atoms with Crippen LogP contribution in [0.1, 0.15) is 0 Å². The van der Waals surface area contributed by atoms with Crippen LogP contribution in [0.25, 0.3) is 0 Å². The predicted octanol–water partition coefficient (Wildman–Crippen LogP) is -2.28. The Bertz CT molecular complexity index is 269. The number of nitrogens with one attached hydrogen (secondary N) is 2. The molecule has 0 fully saturated rings. The van der Waals surface area contributed by atoms with Crippen molar-refractivity contribution >= 4 is 17.3 Å². The van der Waals surface area contributed by atoms with Gasteiger partial charge in [-0.2, -0.15) is 0 Å². The molecule has 0 heterocycles. The van der Waals surface area contributed by atoms with Crippen molar-refractivity contribution in [2.24, 2.45) is 11.7 Å². The molecule has 0 aromatic carbocycles. The van der Waals surface area contributed by atoms with E-state index in [1.165, 1.54) is 0 Å². The van der Waals surface area contributed by atoms with Crippen molar-refractivity contribution in [1.82, 2.24) is 10.9 Å². The molecule has 11 heteroatoms. The zero-order valence-electron chi connectivity index (χ0n) is 5.40. The molecule has 0 unspecified atom stereocenters. The molecule has 8 nitrogen and oxygen atoms in total. The summed E-state index contributed by atoms with van der Waals surface area (Å²) >= 11 is -1.67. The maximum absolute atomic E-state index is 8.63. The van der Waals surface area contributed by atoms with E-state index in [2.05, 4.69) is 23.1 Å². The van der Waals surface area contributed by atoms with Crippen LogP contribution in [0, 0.1) is 0 Å². The molecule has 0 aromatic rings. The maximum atomic E-state index is 8.63. The summed E-state index contributed by atoms with van der Waals surface area (Å²) in [6, 6.07) is 0. The van der Waals surface area contributed by atoms with E-state index in [4.69, 9.17) is 25.8 Å². The number of rotatable bonds is 0. The third-order valence-electron chi connectivity index (χ3n) is 0.262. The molecule has 0 atom stereocenters. The largest absolute Gasteiger partial charge is 0 e. The molecule has 12 heavy (non-hydrogen) atoms. The topological polar surface area (TPSA) is 144 Å². The third-order valence-corrected chi connectivity index (χ3v) is 0.498. The average Bonchev–Trinajstić information content (AvgIpc) is 1.83. The van der Waals surface area contributed by atoms with Gasteiger partial charge in [0.1, 0.15) is 0 Å². The van der Waals surface area contributed by atoms with E-state index in [1.807, 2.05) is 0 Å². The first-order valence-electron chi connectivity index (χ1n) is 1.86. The Morgan fingerprint density at radius 1 is 1.08 bits per heavy atom. The standard InChI is InChI=1S/CH6N4S.4O.2Os/c2-4-1(6)5-3;;;;;;/h2-3H2,(H2,4,5,6);;;;;;. The van der Waals surface area contributed by atoms with E-state index in [0.717, 1.165) is 0 Å². The molecule has 0 saturated carbocycles. The van der Waals surface area contributed by atoms with Crippen molar-refractivity contribution in [2.45, 2.75) is 0 Å². The molecule has 0 aliphatic carbocycles. The molecule has 6 N–H and O–H groups in total. The Labute approximate surface area is 88.4 Å². The van der Waals surface area contributed by atoms with Gasteiger partial charge in [0.25, 0.3) is 0 Å². The molecule has 0 spiro atoms. The minimum atomic E-state index is -6.06. The van der Waals surface area contributed by atoms with Gasteiger partial charge in [-0.05, 0) is 12.2 Å². The molecular formula is CH6N4O4Os2S. The smallest absolute Gasteiger partial charge is 0 e. The first kappa shape index (κ1) is 18.0. The van der Waals surface area contributed by atoms with Crippen LogP contribution in [0.3, 0.4) is 0 Å². The number of hydrazine groups is 2. The van der Waals surface area contributed by atoms with Crippen molar-refractivity contribution in [3.05, 3.63) is 0 Å². The molecule has 0 bridgehead atoms. The fourth-order valence-corrected chi connectivity index (χ4v) is 0.0417. The Hall–Kier alpha value is 0.0827. The van der Waals surface area contributed by atoms with E-state index in [0.29, 0.717) is 0 Å². The Morgan fingerprint density at radius 2 is 1.25 bits per heavy atom. The quantitative estimate of drug-likeness (QED) is 0.149. The Kier molecular flexibility index (Phi) is 13.8. The number of hydrogen-bond donors (Lipinski definition) is 4. The minimum Gasteiger partial charge on any atom is 0 e. The summed E-state index contributed by atoms with van der Waals surface area (Å²) < 4.78 is 34.5. The molecule has 0 aliphatic rings. The van der Waals surface area contributed by atoms with Crippen LogP contribution in [0.15, 0.2) is 0 Å². The predicted molar refractivity (Wildman–Crippen MR) is 30.0 cm³/mol. The fraction of sp³-hybridized carbons (Fsp3) is 0. The molecule has 0 aliphatic heterocycles. The van der Waals surface area contributed by atoms with E-state index < -0.39 is 14.8 Å². The van der Waals surface area contributed by atoms with Gasteiger partial charge in [-0.15, -0.1) is 0 Å². The molecular weight excluding hydrogens is 545 g/mol. The Morgan fingerprint density at radius 3 is 1.25 bits per heavy atom. The summed E-state index contributed by atoms with van der Waals surface area (Å²) in [6.45, 7) is 0. The first-order chi connectivity index (χ1) is 4.81. The maximum Gasteiger partial charge on any atom is 0 e. The number of hydrogen-bond acceptors (Lipinski definition) is 7. The summed E-state index contributed by atoms with van der Waals surface area (Å²) in [7, 11) is 0. The molecule has 76 valence electrons. The van der Waals surface area contributed by atoms with Crippen LogP contribution in [0.2, 0.25) is 0 Å². The van der Waals surface area contributed by atoms with Crippen LogP contribution in [-0.4, -0.2) is 5.11 Å². The SMILES string of the molecule is NNC(=S)NN.[O]=[Os](=[O])(=[O])=[O].[Os]. The average molecular weight is 551 g/mol. The van der Waals surface area contributed by atoms with Gasteiger partial charge < -0.3 is 0 Å². The first-order valence-corrected chi connectivity index (χ1v) is 6.42. The fourth-order valence-electron chi connectivity index (χ4n) is 0.0417. The van der Waals surface area contributed by atoms with Crippen molar-refractivity contribution in [2.75, 3.05) is 0 Å². The van der Waals surface area contributed by atoms with E-state index in [1.54, 1.807) is 0 Å². The summed E-state index contributed by atoms with van der Waals surface area (Å²) in [5, 5.41) is 0.231. The van der Waals surface area contributed by atoms with Crippen LogP contribution in [0.4, 0.5) is 0 Å². The second-order valence-corrected chi connectivity index (χ2v) is 3.92. The molecule has 0 radical (unpaired) electrons. The van der Waals surface area contributed by atoms with Gasteiger partial charge in [0.15, 0.2) is 5.11 Å². The van der Waals surface area contributed by atoms with E-state index >= 15 is 0 Å². The van der Waals surface area contributed by atoms with Gasteiger partial charge in [0.2, 0.25) is 0 Å². The van der Waals surface area contributed by atoms with Crippen molar-refractivity contribution in [1.29, 1.82) is 0 Å². The summed E-state index contributed by atoms with van der Waals surface area (Å²) in [4.78, 5) is 0. The minimum absolute atomic E-state index is 0. The van der Waals surface area contributed by atoms with Crippen LogP contribution in [0.5, 0.6) is 0 Å². The van der Waals surface area contributed by atoms with Gasteiger partial charge in [0.05, 0.1) is 0 Å². The van der Waals surface area contributed by atoms with Crippen LogP contribution < -0.4 is 22.5 Å². The number of thiocarbonyl (C=S) groups is 1. The van der Waals surface area contributed by atoms with E-state index in [9.17, 15) is 0 Å². The second kappa shape index (κ2) is 9.17. The number of nitrogens with two attached hydrogens (primary N) is 2. The van der Waals surface area contributed by atoms with Crippen molar-refractivity contribution in [3.63, 3.8) is 0 Å². The van der Waals surface area contributed by atoms with Crippen molar-refractivity contribution in [3.8, 4) is 0 Å². The zero-order valence-corrected chi connectivity index (χ0v) is 11.3. The Balaban J connectivity index is -0.000000126. The van der Waals surface area contributed by atoms with Crippen molar-refractivity contribution < 1.29 is 48.8 Å². The van der Waals surface area contributed by atoms with Gasteiger partial charge in [-0.1, -0.05) is 0 Å². The van der Waals surface area contributed by atoms with Gasteiger partial charge in [-0.25, -0.2) is 11.7 Å². The third kappa shape index (κ3) is 49.9. The summed E-state index contributed by atoms with van der Waals surface area (Å²) in [5.74, 6) is 9.50. The molecule has 0 amide bonds. The van der Waals surface area contributed by atoms with Gasteiger partial charge >= 0.3 is 29.0 Å². The normalized spacial score (nSPS) is 8.17. The summed E-state index contributed by atoms with van der Waals surface area (Å²) in [5.41, 5.74) is 4.22. The molecule has 0 rings (SSSR count). The van der Waals surface area contributed by atoms with E-state index in [-0.39, 0.29) is 24.9 Å². The monoisotopic (exact) mass is 554 g/mol. The molecule has 0 aromatic heterocycles. The van der Waals surface area contributed by atoms with Crippen LogP contribution in [-0.2, 0) is 48.8 Å². The van der Waals surface area contributed by atoms with Gasteiger partial charge in [0, 0.05) is 19.8 Å². The van der Waals surface area contributed by atoms with Gasteiger partial charge in [-0.3, -0.25) is 10.9 Å². The second-order valence-electron chi connectivity index (χ2n) is 0.971.